The molecule has 8 heteroatoms. The minimum absolute atomic E-state index is 0.119. The second-order valence-electron chi connectivity index (χ2n) is 11.5. The first kappa shape index (κ1) is 25.9. The Balaban J connectivity index is 1.12. The summed E-state index contributed by atoms with van der Waals surface area (Å²) in [4.78, 5) is 53.8. The molecule has 5 rings (SSSR count). The first-order valence-electron chi connectivity index (χ1n) is 14.2. The SMILES string of the molecule is CN(CC1CCCCC1)C1CCC(CCNc2cccc3c2C(=O)N(C2CCC(=O)NC2=O)C3=O)CC1. The van der Waals surface area contributed by atoms with E-state index in [9.17, 15) is 19.2 Å². The molecule has 0 bridgehead atoms. The highest BCUT2D eigenvalue weighted by molar-refractivity contribution is 6.25. The molecule has 0 spiro atoms. The second kappa shape index (κ2) is 11.3. The van der Waals surface area contributed by atoms with Crippen molar-refractivity contribution in [3.63, 3.8) is 0 Å². The fourth-order valence-electron chi connectivity index (χ4n) is 6.87. The average molecular weight is 509 g/mol. The Labute approximate surface area is 219 Å². The van der Waals surface area contributed by atoms with Gasteiger partial charge < -0.3 is 10.2 Å². The van der Waals surface area contributed by atoms with Gasteiger partial charge in [-0.15, -0.1) is 0 Å². The van der Waals surface area contributed by atoms with Gasteiger partial charge in [-0.05, 0) is 82.4 Å². The van der Waals surface area contributed by atoms with Crippen LogP contribution in [0.4, 0.5) is 5.69 Å². The average Bonchev–Trinajstić information content (AvgIpc) is 3.15. The van der Waals surface area contributed by atoms with Crippen LogP contribution < -0.4 is 10.6 Å². The van der Waals surface area contributed by atoms with Gasteiger partial charge in [0.25, 0.3) is 11.8 Å². The van der Waals surface area contributed by atoms with E-state index in [1.807, 2.05) is 6.07 Å². The number of hydrogen-bond acceptors (Lipinski definition) is 6. The summed E-state index contributed by atoms with van der Waals surface area (Å²) in [6, 6.07) is 5.00. The van der Waals surface area contributed by atoms with Crippen molar-refractivity contribution >= 4 is 29.3 Å². The van der Waals surface area contributed by atoms with E-state index in [0.29, 0.717) is 28.8 Å². The van der Waals surface area contributed by atoms with Crippen molar-refractivity contribution in [1.82, 2.24) is 15.1 Å². The molecule has 2 heterocycles. The Bertz CT molecular complexity index is 1040. The molecule has 2 aliphatic carbocycles. The van der Waals surface area contributed by atoms with Gasteiger partial charge in [0.05, 0.1) is 11.1 Å². The predicted octanol–water partition coefficient (Wildman–Crippen LogP) is 3.96. The molecular weight excluding hydrogens is 468 g/mol. The summed E-state index contributed by atoms with van der Waals surface area (Å²) in [6.45, 7) is 1.99. The van der Waals surface area contributed by atoms with Crippen LogP contribution in [0.15, 0.2) is 18.2 Å². The molecule has 1 saturated heterocycles. The van der Waals surface area contributed by atoms with Gasteiger partial charge in [0.1, 0.15) is 6.04 Å². The van der Waals surface area contributed by atoms with Gasteiger partial charge in [-0.1, -0.05) is 25.3 Å². The number of piperidine rings is 1. The zero-order valence-corrected chi connectivity index (χ0v) is 22.0. The van der Waals surface area contributed by atoms with Gasteiger partial charge in [0.15, 0.2) is 0 Å². The first-order valence-corrected chi connectivity index (χ1v) is 14.2. The summed E-state index contributed by atoms with van der Waals surface area (Å²) in [5.74, 6) is -0.326. The van der Waals surface area contributed by atoms with E-state index in [4.69, 9.17) is 0 Å². The van der Waals surface area contributed by atoms with E-state index in [1.54, 1.807) is 12.1 Å². The van der Waals surface area contributed by atoms with Crippen LogP contribution in [0, 0.1) is 11.8 Å². The third-order valence-corrected chi connectivity index (χ3v) is 9.05. The maximum absolute atomic E-state index is 13.3. The van der Waals surface area contributed by atoms with Gasteiger partial charge in [0.2, 0.25) is 11.8 Å². The molecule has 1 aromatic carbocycles. The number of amides is 4. The highest BCUT2D eigenvalue weighted by Gasteiger charge is 2.45. The molecule has 1 atom stereocenters. The molecule has 4 amide bonds. The Hall–Kier alpha value is -2.74. The third-order valence-electron chi connectivity index (χ3n) is 9.05. The van der Waals surface area contributed by atoms with Crippen molar-refractivity contribution in [1.29, 1.82) is 0 Å². The number of fused-ring (bicyclic) bond motifs is 1. The number of nitrogens with zero attached hydrogens (tertiary/aromatic N) is 2. The number of benzene rings is 1. The fourth-order valence-corrected chi connectivity index (χ4v) is 6.87. The third kappa shape index (κ3) is 5.59. The summed E-state index contributed by atoms with van der Waals surface area (Å²) >= 11 is 0. The number of rotatable bonds is 8. The van der Waals surface area contributed by atoms with Crippen molar-refractivity contribution < 1.29 is 19.2 Å². The van der Waals surface area contributed by atoms with Crippen LogP contribution in [0.1, 0.15) is 97.8 Å². The Morgan fingerprint density at radius 3 is 2.41 bits per heavy atom. The second-order valence-corrected chi connectivity index (χ2v) is 11.5. The zero-order chi connectivity index (χ0) is 25.9. The van der Waals surface area contributed by atoms with E-state index in [0.717, 1.165) is 23.8 Å². The van der Waals surface area contributed by atoms with Gasteiger partial charge in [-0.2, -0.15) is 0 Å². The lowest BCUT2D eigenvalue weighted by molar-refractivity contribution is -0.136. The topological polar surface area (TPSA) is 98.8 Å². The van der Waals surface area contributed by atoms with Gasteiger partial charge in [0, 0.05) is 31.2 Å². The standard InChI is InChI=1S/C29H40N4O4/c1-32(18-20-6-3-2-4-7-20)21-12-10-19(11-13-21)16-17-30-23-9-5-8-22-26(23)29(37)33(28(22)36)24-14-15-25(34)31-27(24)35/h5,8-9,19-21,24,30H,2-4,6-7,10-18H2,1H3,(H,31,34,35). The van der Waals surface area contributed by atoms with Crippen molar-refractivity contribution in [2.24, 2.45) is 11.8 Å². The monoisotopic (exact) mass is 508 g/mol. The first-order chi connectivity index (χ1) is 17.9. The fraction of sp³-hybridized carbons (Fsp3) is 0.655. The molecule has 0 aromatic heterocycles. The number of hydrogen-bond donors (Lipinski definition) is 2. The minimum Gasteiger partial charge on any atom is -0.384 e. The van der Waals surface area contributed by atoms with Crippen LogP contribution in [-0.4, -0.2) is 65.6 Å². The number of anilines is 1. The van der Waals surface area contributed by atoms with E-state index in [1.165, 1.54) is 64.3 Å². The summed E-state index contributed by atoms with van der Waals surface area (Å²) in [5, 5.41) is 5.66. The quantitative estimate of drug-likeness (QED) is 0.516. The van der Waals surface area contributed by atoms with E-state index < -0.39 is 23.8 Å². The molecule has 1 unspecified atom stereocenters. The van der Waals surface area contributed by atoms with Crippen molar-refractivity contribution in [3.8, 4) is 0 Å². The van der Waals surface area contributed by atoms with Gasteiger partial charge in [-0.3, -0.25) is 29.4 Å². The largest absolute Gasteiger partial charge is 0.384 e. The highest BCUT2D eigenvalue weighted by Crippen LogP contribution is 2.34. The lowest BCUT2D eigenvalue weighted by atomic mass is 9.82. The molecular formula is C29H40N4O4. The Morgan fingerprint density at radius 1 is 0.919 bits per heavy atom. The molecule has 200 valence electrons. The van der Waals surface area contributed by atoms with Crippen LogP contribution in [0.5, 0.6) is 0 Å². The van der Waals surface area contributed by atoms with Crippen molar-refractivity contribution in [2.45, 2.75) is 89.1 Å². The number of carbonyl (C=O) groups is 4. The van der Waals surface area contributed by atoms with Crippen LogP contribution in [0.2, 0.25) is 0 Å². The molecule has 8 nitrogen and oxygen atoms in total. The number of imide groups is 2. The lowest BCUT2D eigenvalue weighted by Crippen LogP contribution is -2.54. The Morgan fingerprint density at radius 2 is 1.68 bits per heavy atom. The Kier molecular flexibility index (Phi) is 7.93. The highest BCUT2D eigenvalue weighted by atomic mass is 16.2. The van der Waals surface area contributed by atoms with Crippen molar-refractivity contribution in [3.05, 3.63) is 29.3 Å². The molecule has 2 saturated carbocycles. The molecule has 3 fully saturated rings. The molecule has 37 heavy (non-hydrogen) atoms. The number of nitrogens with one attached hydrogen (secondary N) is 2. The van der Waals surface area contributed by atoms with Crippen LogP contribution in [-0.2, 0) is 9.59 Å². The van der Waals surface area contributed by atoms with Gasteiger partial charge >= 0.3 is 0 Å². The summed E-state index contributed by atoms with van der Waals surface area (Å²) in [6.07, 6.45) is 13.3. The molecule has 4 aliphatic rings. The van der Waals surface area contributed by atoms with Crippen molar-refractivity contribution in [2.75, 3.05) is 25.5 Å². The normalized spacial score (nSPS) is 27.0. The van der Waals surface area contributed by atoms with Gasteiger partial charge in [-0.25, -0.2) is 0 Å². The lowest BCUT2D eigenvalue weighted by Gasteiger charge is -2.37. The maximum Gasteiger partial charge on any atom is 0.264 e. The van der Waals surface area contributed by atoms with Crippen LogP contribution >= 0.6 is 0 Å². The number of carbonyl (C=O) groups excluding carboxylic acids is 4. The molecule has 2 aliphatic heterocycles. The molecule has 2 N–H and O–H groups in total. The summed E-state index contributed by atoms with van der Waals surface area (Å²) in [5.41, 5.74) is 1.30. The minimum atomic E-state index is -0.940. The van der Waals surface area contributed by atoms with E-state index >= 15 is 0 Å². The van der Waals surface area contributed by atoms with Crippen LogP contribution in [0.3, 0.4) is 0 Å². The summed E-state index contributed by atoms with van der Waals surface area (Å²) < 4.78 is 0. The predicted molar refractivity (Wildman–Crippen MR) is 141 cm³/mol. The van der Waals surface area contributed by atoms with E-state index in [-0.39, 0.29) is 18.7 Å². The maximum atomic E-state index is 13.3. The smallest absolute Gasteiger partial charge is 0.264 e. The van der Waals surface area contributed by atoms with Crippen LogP contribution in [0.25, 0.3) is 0 Å². The molecule has 1 aromatic rings. The molecule has 0 radical (unpaired) electrons. The summed E-state index contributed by atoms with van der Waals surface area (Å²) in [7, 11) is 2.31. The van der Waals surface area contributed by atoms with E-state index in [2.05, 4.69) is 22.6 Å². The zero-order valence-electron chi connectivity index (χ0n) is 22.0.